The maximum absolute atomic E-state index is 12.2. The van der Waals surface area contributed by atoms with Crippen molar-refractivity contribution in [2.24, 2.45) is 5.10 Å². The van der Waals surface area contributed by atoms with Crippen LogP contribution in [0.25, 0.3) is 0 Å². The highest BCUT2D eigenvalue weighted by molar-refractivity contribution is 6.31. The van der Waals surface area contributed by atoms with E-state index in [2.05, 4.69) is 10.5 Å². The van der Waals surface area contributed by atoms with Gasteiger partial charge in [-0.05, 0) is 42.8 Å². The predicted octanol–water partition coefficient (Wildman–Crippen LogP) is 4.16. The molecular formula is C16H14Cl2N2O2. The first-order valence-electron chi connectivity index (χ1n) is 6.45. The fourth-order valence-corrected chi connectivity index (χ4v) is 2.11. The molecule has 2 aromatic rings. The quantitative estimate of drug-likeness (QED) is 0.673. The van der Waals surface area contributed by atoms with Crippen LogP contribution in [-0.2, 0) is 0 Å². The Kier molecular flexibility index (Phi) is 5.41. The lowest BCUT2D eigenvalue weighted by atomic mass is 10.1. The van der Waals surface area contributed by atoms with Gasteiger partial charge in [0.25, 0.3) is 5.91 Å². The van der Waals surface area contributed by atoms with Gasteiger partial charge in [-0.2, -0.15) is 5.10 Å². The zero-order valence-electron chi connectivity index (χ0n) is 12.1. The van der Waals surface area contributed by atoms with Crippen molar-refractivity contribution >= 4 is 34.8 Å². The third-order valence-electron chi connectivity index (χ3n) is 2.99. The number of methoxy groups -OCH3 is 1. The number of carbonyl (C=O) groups excluding carboxylic acids is 1. The van der Waals surface area contributed by atoms with Crippen molar-refractivity contribution in [1.29, 1.82) is 0 Å². The fourth-order valence-electron chi connectivity index (χ4n) is 1.81. The van der Waals surface area contributed by atoms with E-state index in [-0.39, 0.29) is 0 Å². The summed E-state index contributed by atoms with van der Waals surface area (Å²) in [6.45, 7) is 1.79. The molecular weight excluding hydrogens is 323 g/mol. The SMILES string of the molecule is COc1ccc(Cl)cc1C(=O)NN=C(C)c1ccc(Cl)cc1. The topological polar surface area (TPSA) is 50.7 Å². The summed E-state index contributed by atoms with van der Waals surface area (Å²) in [6.07, 6.45) is 0. The molecule has 0 saturated carbocycles. The van der Waals surface area contributed by atoms with E-state index >= 15 is 0 Å². The lowest BCUT2D eigenvalue weighted by Crippen LogP contribution is -2.20. The van der Waals surface area contributed by atoms with Crippen molar-refractivity contribution < 1.29 is 9.53 Å². The maximum atomic E-state index is 12.2. The molecule has 0 spiro atoms. The first-order valence-corrected chi connectivity index (χ1v) is 7.21. The Bertz CT molecular complexity index is 713. The molecule has 0 saturated heterocycles. The average Bonchev–Trinajstić information content (AvgIpc) is 2.53. The summed E-state index contributed by atoms with van der Waals surface area (Å²) < 4.78 is 5.14. The van der Waals surface area contributed by atoms with Gasteiger partial charge in [0.1, 0.15) is 5.75 Å². The molecule has 0 aliphatic heterocycles. The highest BCUT2D eigenvalue weighted by Crippen LogP contribution is 2.22. The van der Waals surface area contributed by atoms with Gasteiger partial charge < -0.3 is 4.74 Å². The Labute approximate surface area is 138 Å². The van der Waals surface area contributed by atoms with Gasteiger partial charge in [0.15, 0.2) is 0 Å². The van der Waals surface area contributed by atoms with Gasteiger partial charge in [-0.15, -0.1) is 0 Å². The van der Waals surface area contributed by atoms with E-state index in [9.17, 15) is 4.79 Å². The van der Waals surface area contributed by atoms with Crippen LogP contribution >= 0.6 is 23.2 Å². The second kappa shape index (κ2) is 7.29. The summed E-state index contributed by atoms with van der Waals surface area (Å²) in [4.78, 5) is 12.2. The van der Waals surface area contributed by atoms with Crippen LogP contribution in [0.1, 0.15) is 22.8 Å². The van der Waals surface area contributed by atoms with Gasteiger partial charge in [0.05, 0.1) is 18.4 Å². The number of hydrogen-bond acceptors (Lipinski definition) is 3. The third kappa shape index (κ3) is 4.00. The molecule has 1 N–H and O–H groups in total. The summed E-state index contributed by atoms with van der Waals surface area (Å²) in [6, 6.07) is 12.0. The Morgan fingerprint density at radius 2 is 1.73 bits per heavy atom. The average molecular weight is 337 g/mol. The van der Waals surface area contributed by atoms with E-state index < -0.39 is 5.91 Å². The molecule has 0 heterocycles. The summed E-state index contributed by atoms with van der Waals surface area (Å²) in [5.41, 5.74) is 4.34. The van der Waals surface area contributed by atoms with E-state index in [1.54, 1.807) is 31.2 Å². The number of hydrogen-bond donors (Lipinski definition) is 1. The highest BCUT2D eigenvalue weighted by atomic mass is 35.5. The first kappa shape index (κ1) is 16.3. The van der Waals surface area contributed by atoms with E-state index in [0.717, 1.165) is 5.56 Å². The van der Waals surface area contributed by atoms with Gasteiger partial charge in [0.2, 0.25) is 0 Å². The van der Waals surface area contributed by atoms with Crippen LogP contribution in [0.2, 0.25) is 10.0 Å². The number of nitrogens with zero attached hydrogens (tertiary/aromatic N) is 1. The number of ether oxygens (including phenoxy) is 1. The van der Waals surface area contributed by atoms with Crippen molar-refractivity contribution in [2.75, 3.05) is 7.11 Å². The second-order valence-corrected chi connectivity index (χ2v) is 5.36. The van der Waals surface area contributed by atoms with Crippen LogP contribution in [-0.4, -0.2) is 18.7 Å². The second-order valence-electron chi connectivity index (χ2n) is 4.49. The molecule has 114 valence electrons. The fraction of sp³-hybridized carbons (Fsp3) is 0.125. The highest BCUT2D eigenvalue weighted by Gasteiger charge is 2.12. The molecule has 6 heteroatoms. The normalized spacial score (nSPS) is 11.2. The molecule has 4 nitrogen and oxygen atoms in total. The lowest BCUT2D eigenvalue weighted by Gasteiger charge is -2.08. The standard InChI is InChI=1S/C16H14Cl2N2O2/c1-10(11-3-5-12(17)6-4-11)19-20-16(21)14-9-13(18)7-8-15(14)22-2/h3-9H,1-2H3,(H,20,21). The third-order valence-corrected chi connectivity index (χ3v) is 3.48. The summed E-state index contributed by atoms with van der Waals surface area (Å²) in [7, 11) is 1.49. The molecule has 0 unspecified atom stereocenters. The number of amides is 1. The summed E-state index contributed by atoms with van der Waals surface area (Å²) >= 11 is 11.7. The number of halogens is 2. The van der Waals surface area contributed by atoms with E-state index in [4.69, 9.17) is 27.9 Å². The minimum Gasteiger partial charge on any atom is -0.496 e. The number of nitrogens with one attached hydrogen (secondary N) is 1. The van der Waals surface area contributed by atoms with Gasteiger partial charge in [-0.25, -0.2) is 5.43 Å². The van der Waals surface area contributed by atoms with Crippen molar-refractivity contribution in [1.82, 2.24) is 5.43 Å². The first-order chi connectivity index (χ1) is 10.5. The molecule has 0 bridgehead atoms. The van der Waals surface area contributed by atoms with Gasteiger partial charge >= 0.3 is 0 Å². The molecule has 0 atom stereocenters. The summed E-state index contributed by atoms with van der Waals surface area (Å²) in [5, 5.41) is 5.17. The largest absolute Gasteiger partial charge is 0.496 e. The molecule has 1 amide bonds. The zero-order valence-corrected chi connectivity index (χ0v) is 13.6. The van der Waals surface area contributed by atoms with Gasteiger partial charge in [0, 0.05) is 10.0 Å². The predicted molar refractivity (Wildman–Crippen MR) is 89.1 cm³/mol. The van der Waals surface area contributed by atoms with E-state index in [0.29, 0.717) is 27.1 Å². The van der Waals surface area contributed by atoms with E-state index in [1.165, 1.54) is 13.2 Å². The molecule has 0 aliphatic carbocycles. The van der Waals surface area contributed by atoms with Gasteiger partial charge in [-0.3, -0.25) is 4.79 Å². The van der Waals surface area contributed by atoms with Crippen molar-refractivity contribution in [3.8, 4) is 5.75 Å². The van der Waals surface area contributed by atoms with Crippen LogP contribution in [0.5, 0.6) is 5.75 Å². The molecule has 2 aromatic carbocycles. The maximum Gasteiger partial charge on any atom is 0.275 e. The van der Waals surface area contributed by atoms with E-state index in [1.807, 2.05) is 12.1 Å². The van der Waals surface area contributed by atoms with Crippen LogP contribution < -0.4 is 10.2 Å². The van der Waals surface area contributed by atoms with Gasteiger partial charge in [-0.1, -0.05) is 35.3 Å². The molecule has 22 heavy (non-hydrogen) atoms. The molecule has 0 fully saturated rings. The van der Waals surface area contributed by atoms with Crippen molar-refractivity contribution in [3.05, 3.63) is 63.6 Å². The Morgan fingerprint density at radius 3 is 2.36 bits per heavy atom. The van der Waals surface area contributed by atoms with Crippen LogP contribution in [0, 0.1) is 0 Å². The number of carbonyl (C=O) groups is 1. The van der Waals surface area contributed by atoms with Crippen LogP contribution in [0.3, 0.4) is 0 Å². The van der Waals surface area contributed by atoms with Crippen molar-refractivity contribution in [3.63, 3.8) is 0 Å². The number of benzene rings is 2. The Balaban J connectivity index is 2.17. The zero-order chi connectivity index (χ0) is 16.1. The number of rotatable bonds is 4. The number of hydrazone groups is 1. The van der Waals surface area contributed by atoms with Crippen LogP contribution in [0.15, 0.2) is 47.6 Å². The smallest absolute Gasteiger partial charge is 0.275 e. The Morgan fingerprint density at radius 1 is 1.09 bits per heavy atom. The van der Waals surface area contributed by atoms with Crippen molar-refractivity contribution in [2.45, 2.75) is 6.92 Å². The summed E-state index contributed by atoms with van der Waals surface area (Å²) in [5.74, 6) is 0.0360. The lowest BCUT2D eigenvalue weighted by molar-refractivity contribution is 0.0952. The molecule has 0 radical (unpaired) electrons. The minimum atomic E-state index is -0.396. The molecule has 0 aliphatic rings. The Hall–Kier alpha value is -2.04. The molecule has 2 rings (SSSR count). The monoisotopic (exact) mass is 336 g/mol. The molecule has 0 aromatic heterocycles. The van der Waals surface area contributed by atoms with Crippen LogP contribution in [0.4, 0.5) is 0 Å². The minimum absolute atomic E-state index is 0.322.